The number of carbonyl (C=O) groups excluding carboxylic acids is 1. The Hall–Kier alpha value is -1.67. The van der Waals surface area contributed by atoms with Gasteiger partial charge in [0.25, 0.3) is 0 Å². The zero-order valence-electron chi connectivity index (χ0n) is 8.98. The van der Waals surface area contributed by atoms with E-state index >= 15 is 0 Å². The van der Waals surface area contributed by atoms with E-state index in [4.69, 9.17) is 10.2 Å². The number of rotatable bonds is 4. The van der Waals surface area contributed by atoms with Crippen LogP contribution in [0.15, 0.2) is 22.7 Å². The number of halogens is 2. The van der Waals surface area contributed by atoms with E-state index in [1.165, 1.54) is 12.1 Å². The van der Waals surface area contributed by atoms with Crippen LogP contribution in [0.25, 0.3) is 0 Å². The maximum atomic E-state index is 13.1. The summed E-state index contributed by atoms with van der Waals surface area (Å²) in [6.07, 6.45) is 0. The van der Waals surface area contributed by atoms with Crippen molar-refractivity contribution >= 4 is 33.6 Å². The molecule has 18 heavy (non-hydrogen) atoms. The number of anilines is 1. The number of nitrogens with one attached hydrogen (secondary N) is 2. The van der Waals surface area contributed by atoms with Crippen molar-refractivity contribution < 1.29 is 24.2 Å². The molecule has 2 amide bonds. The fourth-order valence-electron chi connectivity index (χ4n) is 1.08. The third-order valence-electron chi connectivity index (χ3n) is 1.96. The maximum Gasteiger partial charge on any atom is 0.328 e. The molecule has 4 N–H and O–H groups in total. The summed E-state index contributed by atoms with van der Waals surface area (Å²) in [5.74, 6) is -1.93. The van der Waals surface area contributed by atoms with Crippen molar-refractivity contribution in [2.24, 2.45) is 0 Å². The van der Waals surface area contributed by atoms with Crippen LogP contribution in [-0.2, 0) is 4.79 Å². The molecule has 0 unspecified atom stereocenters. The number of carboxylic acids is 1. The van der Waals surface area contributed by atoms with Crippen LogP contribution < -0.4 is 10.6 Å². The van der Waals surface area contributed by atoms with Gasteiger partial charge < -0.3 is 20.8 Å². The van der Waals surface area contributed by atoms with Crippen molar-refractivity contribution in [3.8, 4) is 0 Å². The van der Waals surface area contributed by atoms with E-state index in [0.717, 1.165) is 6.07 Å². The SMILES string of the molecule is O=C(Nc1ccc(Br)c(F)c1)N[C@H](CO)C(=O)O. The first-order chi connectivity index (χ1) is 8.43. The minimum Gasteiger partial charge on any atom is -0.480 e. The van der Waals surface area contributed by atoms with Crippen molar-refractivity contribution in [3.05, 3.63) is 28.5 Å². The minimum atomic E-state index is -1.41. The normalized spacial score (nSPS) is 11.7. The minimum absolute atomic E-state index is 0.162. The van der Waals surface area contributed by atoms with Crippen LogP contribution in [0.4, 0.5) is 14.9 Å². The Kier molecular flexibility index (Phi) is 5.05. The first-order valence-electron chi connectivity index (χ1n) is 4.80. The van der Waals surface area contributed by atoms with Gasteiger partial charge in [0.15, 0.2) is 6.04 Å². The van der Waals surface area contributed by atoms with Crippen LogP contribution in [0.1, 0.15) is 0 Å². The summed E-state index contributed by atoms with van der Waals surface area (Å²) in [4.78, 5) is 21.9. The molecule has 0 fully saturated rings. The number of aliphatic carboxylic acids is 1. The van der Waals surface area contributed by atoms with E-state index in [1.807, 2.05) is 5.32 Å². The standard InChI is InChI=1S/C10H10BrFN2O4/c11-6-2-1-5(3-7(6)12)13-10(18)14-8(4-15)9(16)17/h1-3,8,15H,4H2,(H,16,17)(H2,13,14,18)/t8-/m1/s1. The second-order valence-electron chi connectivity index (χ2n) is 3.30. The van der Waals surface area contributed by atoms with E-state index in [-0.39, 0.29) is 10.2 Å². The molecular formula is C10H10BrFN2O4. The van der Waals surface area contributed by atoms with Crippen LogP contribution in [0, 0.1) is 5.82 Å². The van der Waals surface area contributed by atoms with E-state index in [2.05, 4.69) is 21.2 Å². The molecule has 1 aromatic carbocycles. The average Bonchev–Trinajstić information content (AvgIpc) is 2.30. The second-order valence-corrected chi connectivity index (χ2v) is 4.16. The topological polar surface area (TPSA) is 98.7 Å². The first-order valence-corrected chi connectivity index (χ1v) is 5.59. The fourth-order valence-corrected chi connectivity index (χ4v) is 1.33. The predicted octanol–water partition coefficient (Wildman–Crippen LogP) is 1.16. The zero-order valence-corrected chi connectivity index (χ0v) is 10.6. The van der Waals surface area contributed by atoms with E-state index in [1.54, 1.807) is 0 Å². The van der Waals surface area contributed by atoms with Crippen LogP contribution in [-0.4, -0.2) is 34.9 Å². The number of benzene rings is 1. The lowest BCUT2D eigenvalue weighted by Crippen LogP contribution is -2.45. The highest BCUT2D eigenvalue weighted by atomic mass is 79.9. The van der Waals surface area contributed by atoms with Gasteiger partial charge in [-0.2, -0.15) is 0 Å². The molecule has 0 aromatic heterocycles. The summed E-state index contributed by atoms with van der Waals surface area (Å²) >= 11 is 2.95. The van der Waals surface area contributed by atoms with Gasteiger partial charge in [-0.3, -0.25) is 0 Å². The first kappa shape index (κ1) is 14.4. The van der Waals surface area contributed by atoms with Gasteiger partial charge in [-0.25, -0.2) is 14.0 Å². The molecule has 1 rings (SSSR count). The number of hydrogen-bond donors (Lipinski definition) is 4. The average molecular weight is 321 g/mol. The van der Waals surface area contributed by atoms with Crippen molar-refractivity contribution in [3.63, 3.8) is 0 Å². The molecule has 0 aliphatic carbocycles. The molecule has 0 radical (unpaired) electrons. The summed E-state index contributed by atoms with van der Waals surface area (Å²) in [5.41, 5.74) is 0.162. The van der Waals surface area contributed by atoms with E-state index in [0.29, 0.717) is 0 Å². The molecule has 0 spiro atoms. The Morgan fingerprint density at radius 1 is 1.44 bits per heavy atom. The molecule has 0 aliphatic rings. The van der Waals surface area contributed by atoms with Crippen LogP contribution in [0.2, 0.25) is 0 Å². The quantitative estimate of drug-likeness (QED) is 0.669. The predicted molar refractivity (Wildman–Crippen MR) is 64.8 cm³/mol. The number of amides is 2. The van der Waals surface area contributed by atoms with Gasteiger partial charge in [-0.1, -0.05) is 0 Å². The summed E-state index contributed by atoms with van der Waals surface area (Å²) in [6.45, 7) is -0.739. The molecule has 1 atom stereocenters. The van der Waals surface area contributed by atoms with Crippen molar-refractivity contribution in [1.82, 2.24) is 5.32 Å². The number of carboxylic acid groups (broad SMARTS) is 1. The molecule has 6 nitrogen and oxygen atoms in total. The molecule has 0 aliphatic heterocycles. The maximum absolute atomic E-state index is 13.1. The summed E-state index contributed by atoms with van der Waals surface area (Å²) in [6, 6.07) is 1.63. The van der Waals surface area contributed by atoms with E-state index in [9.17, 15) is 14.0 Å². The lowest BCUT2D eigenvalue weighted by molar-refractivity contribution is -0.140. The monoisotopic (exact) mass is 320 g/mol. The molecule has 0 bridgehead atoms. The van der Waals surface area contributed by atoms with E-state index < -0.39 is 30.5 Å². The van der Waals surface area contributed by atoms with Crippen LogP contribution in [0.5, 0.6) is 0 Å². The lowest BCUT2D eigenvalue weighted by Gasteiger charge is -2.12. The Labute approximate surface area is 110 Å². The number of carbonyl (C=O) groups is 2. The summed E-state index contributed by atoms with van der Waals surface area (Å²) in [7, 11) is 0. The fraction of sp³-hybridized carbons (Fsp3) is 0.200. The number of aliphatic hydroxyl groups excluding tert-OH is 1. The van der Waals surface area contributed by atoms with Crippen LogP contribution >= 0.6 is 15.9 Å². The number of urea groups is 1. The summed E-state index contributed by atoms with van der Waals surface area (Å²) < 4.78 is 13.4. The van der Waals surface area contributed by atoms with Gasteiger partial charge in [-0.15, -0.1) is 0 Å². The number of aliphatic hydroxyl groups is 1. The van der Waals surface area contributed by atoms with Crippen molar-refractivity contribution in [1.29, 1.82) is 0 Å². The molecule has 0 saturated heterocycles. The number of hydrogen-bond acceptors (Lipinski definition) is 3. The van der Waals surface area contributed by atoms with Gasteiger partial charge in [0.1, 0.15) is 5.82 Å². The Morgan fingerprint density at radius 2 is 2.11 bits per heavy atom. The molecule has 1 aromatic rings. The van der Waals surface area contributed by atoms with Crippen molar-refractivity contribution in [2.45, 2.75) is 6.04 Å². The Balaban J connectivity index is 2.64. The van der Waals surface area contributed by atoms with Gasteiger partial charge in [0.2, 0.25) is 0 Å². The highest BCUT2D eigenvalue weighted by Gasteiger charge is 2.18. The highest BCUT2D eigenvalue weighted by Crippen LogP contribution is 2.19. The van der Waals surface area contributed by atoms with Gasteiger partial charge >= 0.3 is 12.0 Å². The van der Waals surface area contributed by atoms with Gasteiger partial charge in [-0.05, 0) is 34.1 Å². The van der Waals surface area contributed by atoms with Crippen molar-refractivity contribution in [2.75, 3.05) is 11.9 Å². The largest absolute Gasteiger partial charge is 0.480 e. The molecule has 0 saturated carbocycles. The van der Waals surface area contributed by atoms with Gasteiger partial charge in [0, 0.05) is 5.69 Å². The Bertz CT molecular complexity index is 469. The molecule has 8 heteroatoms. The lowest BCUT2D eigenvalue weighted by atomic mass is 10.3. The molecule has 0 heterocycles. The summed E-state index contributed by atoms with van der Waals surface area (Å²) in [5, 5.41) is 21.6. The zero-order chi connectivity index (χ0) is 13.7. The Morgan fingerprint density at radius 3 is 2.61 bits per heavy atom. The van der Waals surface area contributed by atoms with Crippen LogP contribution in [0.3, 0.4) is 0 Å². The smallest absolute Gasteiger partial charge is 0.328 e. The van der Waals surface area contributed by atoms with Gasteiger partial charge in [0.05, 0.1) is 11.1 Å². The highest BCUT2D eigenvalue weighted by molar-refractivity contribution is 9.10. The molecular weight excluding hydrogens is 311 g/mol. The second kappa shape index (κ2) is 6.31. The third-order valence-corrected chi connectivity index (χ3v) is 2.61. The molecule has 98 valence electrons. The third kappa shape index (κ3) is 3.97.